The Labute approximate surface area is 107 Å². The minimum atomic E-state index is -0.0285. The molecule has 0 bridgehead atoms. The molecule has 0 amide bonds. The Bertz CT molecular complexity index is 181. The molecule has 0 rings (SSSR count). The third kappa shape index (κ3) is 13.4. The molecule has 3 nitrogen and oxygen atoms in total. The molecule has 0 heterocycles. The van der Waals surface area contributed by atoms with Crippen LogP contribution in [0.15, 0.2) is 0 Å². The minimum absolute atomic E-state index is 0.0285. The van der Waals surface area contributed by atoms with Gasteiger partial charge >= 0.3 is 5.97 Å². The summed E-state index contributed by atoms with van der Waals surface area (Å²) >= 11 is 0. The van der Waals surface area contributed by atoms with Crippen molar-refractivity contribution in [3.05, 3.63) is 0 Å². The first-order valence-electron chi connectivity index (χ1n) is 6.97. The summed E-state index contributed by atoms with van der Waals surface area (Å²) in [6.07, 6.45) is 8.58. The van der Waals surface area contributed by atoms with Gasteiger partial charge in [0, 0.05) is 6.42 Å². The normalized spacial score (nSPS) is 10.8. The van der Waals surface area contributed by atoms with Crippen LogP contribution in [0.3, 0.4) is 0 Å². The predicted octanol–water partition coefficient (Wildman–Crippen LogP) is 3.23. The highest BCUT2D eigenvalue weighted by Crippen LogP contribution is 2.04. The first-order chi connectivity index (χ1) is 8.16. The highest BCUT2D eigenvalue weighted by atomic mass is 16.5. The number of unbranched alkanes of at least 4 members (excludes halogenated alkanes) is 5. The first-order valence-corrected chi connectivity index (χ1v) is 6.97. The lowest BCUT2D eigenvalue weighted by atomic mass is 10.2. The van der Waals surface area contributed by atoms with E-state index in [0.717, 1.165) is 25.8 Å². The predicted molar refractivity (Wildman–Crippen MR) is 72.1 cm³/mol. The smallest absolute Gasteiger partial charge is 0.305 e. The van der Waals surface area contributed by atoms with Crippen LogP contribution in [-0.4, -0.2) is 38.1 Å². The van der Waals surface area contributed by atoms with Crippen LogP contribution >= 0.6 is 0 Å². The van der Waals surface area contributed by atoms with Crippen molar-refractivity contribution in [2.75, 3.05) is 27.2 Å². The Morgan fingerprint density at radius 1 is 1.00 bits per heavy atom. The summed E-state index contributed by atoms with van der Waals surface area (Å²) in [5.41, 5.74) is 0. The fraction of sp³-hybridized carbons (Fsp3) is 0.929. The zero-order chi connectivity index (χ0) is 12.9. The standard InChI is InChI=1S/C14H29NO2/c1-4-5-6-7-10-13-17-14(16)11-8-9-12-15(2)3/h4-13H2,1-3H3. The van der Waals surface area contributed by atoms with Gasteiger partial charge in [-0.15, -0.1) is 0 Å². The van der Waals surface area contributed by atoms with Gasteiger partial charge in [0.2, 0.25) is 0 Å². The third-order valence-electron chi connectivity index (χ3n) is 2.75. The summed E-state index contributed by atoms with van der Waals surface area (Å²) in [7, 11) is 4.10. The molecule has 0 aromatic rings. The van der Waals surface area contributed by atoms with Crippen molar-refractivity contribution in [1.82, 2.24) is 4.90 Å². The molecule has 3 heteroatoms. The topological polar surface area (TPSA) is 29.5 Å². The van der Waals surface area contributed by atoms with Gasteiger partial charge in [0.1, 0.15) is 0 Å². The van der Waals surface area contributed by atoms with Gasteiger partial charge in [-0.2, -0.15) is 0 Å². The number of nitrogens with zero attached hydrogens (tertiary/aromatic N) is 1. The molecule has 0 aliphatic rings. The van der Waals surface area contributed by atoms with Crippen molar-refractivity contribution in [2.24, 2.45) is 0 Å². The molecule has 0 aliphatic carbocycles. The fourth-order valence-corrected chi connectivity index (χ4v) is 1.66. The largest absolute Gasteiger partial charge is 0.466 e. The van der Waals surface area contributed by atoms with Crippen LogP contribution in [0.2, 0.25) is 0 Å². The molecule has 0 radical (unpaired) electrons. The molecule has 0 unspecified atom stereocenters. The molecule has 17 heavy (non-hydrogen) atoms. The Hall–Kier alpha value is -0.570. The van der Waals surface area contributed by atoms with Crippen molar-refractivity contribution < 1.29 is 9.53 Å². The molecule has 0 spiro atoms. The van der Waals surface area contributed by atoms with Gasteiger partial charge in [-0.25, -0.2) is 0 Å². The number of esters is 1. The summed E-state index contributed by atoms with van der Waals surface area (Å²) in [5, 5.41) is 0. The van der Waals surface area contributed by atoms with Gasteiger partial charge < -0.3 is 9.64 Å². The van der Waals surface area contributed by atoms with E-state index < -0.39 is 0 Å². The average molecular weight is 243 g/mol. The van der Waals surface area contributed by atoms with E-state index >= 15 is 0 Å². The number of ether oxygens (including phenoxy) is 1. The van der Waals surface area contributed by atoms with E-state index in [4.69, 9.17) is 4.74 Å². The van der Waals surface area contributed by atoms with Gasteiger partial charge in [0.05, 0.1) is 6.61 Å². The number of hydrogen-bond donors (Lipinski definition) is 0. The van der Waals surface area contributed by atoms with Crippen LogP contribution in [0.4, 0.5) is 0 Å². The van der Waals surface area contributed by atoms with Gasteiger partial charge in [0.15, 0.2) is 0 Å². The summed E-state index contributed by atoms with van der Waals surface area (Å²) in [6, 6.07) is 0. The number of carbonyl (C=O) groups excluding carboxylic acids is 1. The van der Waals surface area contributed by atoms with Crippen LogP contribution in [0.5, 0.6) is 0 Å². The van der Waals surface area contributed by atoms with Crippen LogP contribution < -0.4 is 0 Å². The number of rotatable bonds is 11. The maximum absolute atomic E-state index is 11.3. The van der Waals surface area contributed by atoms with Crippen molar-refractivity contribution in [2.45, 2.75) is 58.3 Å². The molecule has 0 fully saturated rings. The molecule has 0 aromatic carbocycles. The quantitative estimate of drug-likeness (QED) is 0.412. The molecule has 0 aromatic heterocycles. The zero-order valence-corrected chi connectivity index (χ0v) is 11.8. The lowest BCUT2D eigenvalue weighted by molar-refractivity contribution is -0.143. The van der Waals surface area contributed by atoms with Crippen LogP contribution in [0.1, 0.15) is 58.3 Å². The highest BCUT2D eigenvalue weighted by Gasteiger charge is 2.02. The van der Waals surface area contributed by atoms with Crippen molar-refractivity contribution in [3.8, 4) is 0 Å². The van der Waals surface area contributed by atoms with Crippen molar-refractivity contribution in [3.63, 3.8) is 0 Å². The third-order valence-corrected chi connectivity index (χ3v) is 2.75. The fourth-order valence-electron chi connectivity index (χ4n) is 1.66. The summed E-state index contributed by atoms with van der Waals surface area (Å²) in [5.74, 6) is -0.0285. The second-order valence-electron chi connectivity index (χ2n) is 4.90. The van der Waals surface area contributed by atoms with Crippen molar-refractivity contribution >= 4 is 5.97 Å². The maximum Gasteiger partial charge on any atom is 0.305 e. The van der Waals surface area contributed by atoms with E-state index in [-0.39, 0.29) is 5.97 Å². The maximum atomic E-state index is 11.3. The molecular formula is C14H29NO2. The molecule has 0 aliphatic heterocycles. The highest BCUT2D eigenvalue weighted by molar-refractivity contribution is 5.69. The van der Waals surface area contributed by atoms with E-state index in [1.165, 1.54) is 25.7 Å². The molecule has 0 N–H and O–H groups in total. The molecular weight excluding hydrogens is 214 g/mol. The summed E-state index contributed by atoms with van der Waals surface area (Å²) in [6.45, 7) is 3.86. The van der Waals surface area contributed by atoms with Crippen LogP contribution in [0, 0.1) is 0 Å². The van der Waals surface area contributed by atoms with Gasteiger partial charge in [-0.3, -0.25) is 4.79 Å². The van der Waals surface area contributed by atoms with Crippen molar-refractivity contribution in [1.29, 1.82) is 0 Å². The van der Waals surface area contributed by atoms with Crippen LogP contribution in [-0.2, 0) is 9.53 Å². The van der Waals surface area contributed by atoms with Gasteiger partial charge in [-0.05, 0) is 39.9 Å². The Balaban J connectivity index is 3.18. The second-order valence-corrected chi connectivity index (χ2v) is 4.90. The average Bonchev–Trinajstić information content (AvgIpc) is 2.29. The number of hydrogen-bond acceptors (Lipinski definition) is 3. The Kier molecular flexibility index (Phi) is 11.5. The molecule has 0 atom stereocenters. The van der Waals surface area contributed by atoms with E-state index in [9.17, 15) is 4.79 Å². The molecule has 0 saturated heterocycles. The lowest BCUT2D eigenvalue weighted by Crippen LogP contribution is -2.13. The van der Waals surface area contributed by atoms with Gasteiger partial charge in [-0.1, -0.05) is 32.6 Å². The van der Waals surface area contributed by atoms with E-state index in [2.05, 4.69) is 25.9 Å². The SMILES string of the molecule is CCCCCCCOC(=O)CCCCN(C)C. The van der Waals surface area contributed by atoms with Gasteiger partial charge in [0.25, 0.3) is 0 Å². The Morgan fingerprint density at radius 2 is 1.71 bits per heavy atom. The van der Waals surface area contributed by atoms with E-state index in [1.54, 1.807) is 0 Å². The monoisotopic (exact) mass is 243 g/mol. The lowest BCUT2D eigenvalue weighted by Gasteiger charge is -2.08. The molecule has 0 saturated carbocycles. The minimum Gasteiger partial charge on any atom is -0.466 e. The second kappa shape index (κ2) is 11.9. The van der Waals surface area contributed by atoms with E-state index in [0.29, 0.717) is 13.0 Å². The zero-order valence-electron chi connectivity index (χ0n) is 11.8. The summed E-state index contributed by atoms with van der Waals surface area (Å²) in [4.78, 5) is 13.5. The van der Waals surface area contributed by atoms with Crippen LogP contribution in [0.25, 0.3) is 0 Å². The summed E-state index contributed by atoms with van der Waals surface area (Å²) < 4.78 is 5.18. The first kappa shape index (κ1) is 16.4. The Morgan fingerprint density at radius 3 is 2.35 bits per heavy atom. The number of carbonyl (C=O) groups is 1. The molecule has 102 valence electrons. The van der Waals surface area contributed by atoms with E-state index in [1.807, 2.05) is 0 Å².